The molecule has 0 aliphatic heterocycles. The van der Waals surface area contributed by atoms with Crippen LogP contribution in [0.25, 0.3) is 0 Å². The Morgan fingerprint density at radius 2 is 1.76 bits per heavy atom. The number of rotatable bonds is 7. The Morgan fingerprint density at radius 1 is 1.15 bits per heavy atom. The van der Waals surface area contributed by atoms with E-state index in [0.717, 1.165) is 25.3 Å². The lowest BCUT2D eigenvalue weighted by molar-refractivity contribution is -0.147. The first-order valence-electron chi connectivity index (χ1n) is 11.3. The van der Waals surface area contributed by atoms with Crippen LogP contribution in [0.4, 0.5) is 13.2 Å². The third kappa shape index (κ3) is 4.79. The highest BCUT2D eigenvalue weighted by atomic mass is 32.2. The zero-order valence-corrected chi connectivity index (χ0v) is 19.8. The number of pyridine rings is 1. The summed E-state index contributed by atoms with van der Waals surface area (Å²) in [7, 11) is -4.20. The van der Waals surface area contributed by atoms with Crippen LogP contribution in [0.2, 0.25) is 0 Å². The lowest BCUT2D eigenvalue weighted by Crippen LogP contribution is -2.62. The van der Waals surface area contributed by atoms with Gasteiger partial charge in [-0.15, -0.1) is 0 Å². The molecule has 1 heterocycles. The molecule has 0 saturated heterocycles. The molecule has 2 unspecified atom stereocenters. The number of nitrogens with one attached hydrogen (secondary N) is 2. The van der Waals surface area contributed by atoms with Gasteiger partial charge in [-0.2, -0.15) is 13.2 Å². The number of sulfonamides is 1. The molecule has 1 aromatic heterocycles. The van der Waals surface area contributed by atoms with E-state index in [0.29, 0.717) is 31.0 Å². The highest BCUT2D eigenvalue weighted by Gasteiger charge is 2.58. The maximum absolute atomic E-state index is 12.9. The van der Waals surface area contributed by atoms with Crippen molar-refractivity contribution in [3.63, 3.8) is 0 Å². The number of halogens is 3. The maximum Gasteiger partial charge on any atom is 0.433 e. The van der Waals surface area contributed by atoms with E-state index in [2.05, 4.69) is 15.0 Å². The van der Waals surface area contributed by atoms with Gasteiger partial charge >= 0.3 is 6.18 Å². The third-order valence-corrected chi connectivity index (χ3v) is 9.16. The van der Waals surface area contributed by atoms with Gasteiger partial charge < -0.3 is 11.1 Å². The van der Waals surface area contributed by atoms with Crippen molar-refractivity contribution < 1.29 is 31.2 Å². The second-order valence-electron chi connectivity index (χ2n) is 10.8. The molecule has 8 nitrogen and oxygen atoms in total. The van der Waals surface area contributed by atoms with Crippen LogP contribution in [-0.2, 0) is 25.8 Å². The Balaban J connectivity index is 1.39. The van der Waals surface area contributed by atoms with Gasteiger partial charge in [0.2, 0.25) is 21.8 Å². The summed E-state index contributed by atoms with van der Waals surface area (Å²) in [4.78, 5) is 27.7. The normalized spacial score (nSPS) is 30.9. The summed E-state index contributed by atoms with van der Waals surface area (Å²) < 4.78 is 65.8. The fraction of sp³-hybridized carbons (Fsp3) is 0.682. The first-order chi connectivity index (χ1) is 15.6. The van der Waals surface area contributed by atoms with Gasteiger partial charge in [-0.3, -0.25) is 14.6 Å². The van der Waals surface area contributed by atoms with Crippen molar-refractivity contribution in [3.05, 3.63) is 24.0 Å². The molecular weight excluding hydrogens is 473 g/mol. The molecule has 5 rings (SSSR count). The van der Waals surface area contributed by atoms with Crippen LogP contribution in [0.1, 0.15) is 58.1 Å². The molecule has 4 bridgehead atoms. The van der Waals surface area contributed by atoms with Crippen LogP contribution < -0.4 is 15.8 Å². The van der Waals surface area contributed by atoms with Gasteiger partial charge in [0.15, 0.2) is 0 Å². The summed E-state index contributed by atoms with van der Waals surface area (Å²) >= 11 is 0. The van der Waals surface area contributed by atoms with Crippen molar-refractivity contribution in [1.29, 1.82) is 0 Å². The summed E-state index contributed by atoms with van der Waals surface area (Å²) in [5.41, 5.74) is 2.84. The minimum Gasteiger partial charge on any atom is -0.369 e. The lowest BCUT2D eigenvalue weighted by Gasteiger charge is -2.58. The number of carbonyl (C=O) groups excluding carboxylic acids is 2. The number of nitrogens with zero attached hydrogens (tertiary/aromatic N) is 1. The molecule has 1 aromatic rings. The predicted octanol–water partition coefficient (Wildman–Crippen LogP) is 2.34. The third-order valence-electron chi connectivity index (χ3n) is 7.47. The molecule has 4 saturated carbocycles. The summed E-state index contributed by atoms with van der Waals surface area (Å²) in [5.74, 6) is 0.189. The first kappa shape index (κ1) is 24.9. The van der Waals surface area contributed by atoms with Crippen LogP contribution in [0.15, 0.2) is 23.2 Å². The van der Waals surface area contributed by atoms with Gasteiger partial charge in [-0.1, -0.05) is 0 Å². The summed E-state index contributed by atoms with van der Waals surface area (Å²) in [6.07, 6.45) is -0.175. The standard InChI is InChI=1S/C22H29F3N4O4S/c1-20(2,29-34(32,33)15-3-4-16(27-11-15)22(23,24)25)10-17(30)28-18-13-5-12-6-14(18)9-21(7-12,8-13)19(26)31/h3-4,11-14,18,29H,5-10H2,1-2H3,(H2,26,31)(H,28,30). The Bertz CT molecular complexity index is 1070. The number of amides is 2. The molecule has 4 N–H and O–H groups in total. The molecule has 4 fully saturated rings. The Hall–Kier alpha value is -2.21. The van der Waals surface area contributed by atoms with Crippen LogP contribution in [0, 0.1) is 23.2 Å². The fourth-order valence-electron chi connectivity index (χ4n) is 6.37. The molecule has 34 heavy (non-hydrogen) atoms. The lowest BCUT2D eigenvalue weighted by atomic mass is 9.47. The van der Waals surface area contributed by atoms with E-state index in [4.69, 9.17) is 5.73 Å². The van der Waals surface area contributed by atoms with E-state index in [1.807, 2.05) is 0 Å². The van der Waals surface area contributed by atoms with Gasteiger partial charge in [0, 0.05) is 29.6 Å². The number of primary amides is 1. The van der Waals surface area contributed by atoms with Gasteiger partial charge in [-0.25, -0.2) is 13.1 Å². The van der Waals surface area contributed by atoms with Crippen molar-refractivity contribution in [3.8, 4) is 0 Å². The van der Waals surface area contributed by atoms with Crippen LogP contribution in [0.3, 0.4) is 0 Å². The average Bonchev–Trinajstić information content (AvgIpc) is 2.68. The van der Waals surface area contributed by atoms with Crippen molar-refractivity contribution in [2.45, 2.75) is 75.0 Å². The quantitative estimate of drug-likeness (QED) is 0.527. The molecule has 4 aliphatic carbocycles. The van der Waals surface area contributed by atoms with Gasteiger partial charge in [-0.05, 0) is 75.8 Å². The highest BCUT2D eigenvalue weighted by molar-refractivity contribution is 7.89. The van der Waals surface area contributed by atoms with E-state index in [1.165, 1.54) is 13.8 Å². The van der Waals surface area contributed by atoms with Crippen molar-refractivity contribution in [1.82, 2.24) is 15.0 Å². The molecule has 2 amide bonds. The van der Waals surface area contributed by atoms with E-state index in [9.17, 15) is 31.2 Å². The first-order valence-corrected chi connectivity index (χ1v) is 12.8. The number of carbonyl (C=O) groups is 2. The van der Waals surface area contributed by atoms with Crippen LogP contribution >= 0.6 is 0 Å². The summed E-state index contributed by atoms with van der Waals surface area (Å²) in [6.45, 7) is 3.06. The summed E-state index contributed by atoms with van der Waals surface area (Å²) in [5, 5.41) is 3.06. The molecule has 0 spiro atoms. The van der Waals surface area contributed by atoms with Crippen molar-refractivity contribution in [2.75, 3.05) is 0 Å². The molecule has 0 aromatic carbocycles. The zero-order chi connectivity index (χ0) is 25.1. The van der Waals surface area contributed by atoms with Crippen LogP contribution in [-0.4, -0.2) is 36.8 Å². The van der Waals surface area contributed by atoms with E-state index in [-0.39, 0.29) is 36.1 Å². The molecular formula is C22H29F3N4O4S. The summed E-state index contributed by atoms with van der Waals surface area (Å²) in [6, 6.07) is 1.35. The second-order valence-corrected chi connectivity index (χ2v) is 12.4. The minimum absolute atomic E-state index is 0.0805. The smallest absolute Gasteiger partial charge is 0.369 e. The SMILES string of the molecule is CC(C)(CC(=O)NC1C2CC3CC1CC(C(N)=O)(C3)C2)NS(=O)(=O)c1ccc(C(F)(F)F)nc1. The average molecular weight is 503 g/mol. The zero-order valence-electron chi connectivity index (χ0n) is 19.0. The Morgan fingerprint density at radius 3 is 2.26 bits per heavy atom. The maximum atomic E-state index is 12.9. The second kappa shape index (κ2) is 8.18. The van der Waals surface area contributed by atoms with Crippen molar-refractivity contribution in [2.24, 2.45) is 28.9 Å². The minimum atomic E-state index is -4.68. The number of alkyl halides is 3. The van der Waals surface area contributed by atoms with E-state index < -0.39 is 37.7 Å². The number of aromatic nitrogens is 1. The number of hydrogen-bond donors (Lipinski definition) is 3. The topological polar surface area (TPSA) is 131 Å². The number of nitrogens with two attached hydrogens (primary N) is 1. The monoisotopic (exact) mass is 502 g/mol. The highest BCUT2D eigenvalue weighted by Crippen LogP contribution is 2.59. The van der Waals surface area contributed by atoms with Gasteiger partial charge in [0.05, 0.1) is 0 Å². The molecule has 12 heteroatoms. The molecule has 4 aliphatic rings. The Kier molecular flexibility index (Phi) is 5.99. The van der Waals surface area contributed by atoms with E-state index >= 15 is 0 Å². The van der Waals surface area contributed by atoms with Gasteiger partial charge in [0.25, 0.3) is 0 Å². The predicted molar refractivity (Wildman–Crippen MR) is 115 cm³/mol. The van der Waals surface area contributed by atoms with E-state index in [1.54, 1.807) is 0 Å². The van der Waals surface area contributed by atoms with Crippen molar-refractivity contribution >= 4 is 21.8 Å². The largest absolute Gasteiger partial charge is 0.433 e. The molecule has 2 atom stereocenters. The molecule has 0 radical (unpaired) electrons. The fourth-order valence-corrected chi connectivity index (χ4v) is 7.72. The van der Waals surface area contributed by atoms with Gasteiger partial charge in [0.1, 0.15) is 10.6 Å². The van der Waals surface area contributed by atoms with Crippen LogP contribution in [0.5, 0.6) is 0 Å². The number of hydrogen-bond acceptors (Lipinski definition) is 5. The molecule has 188 valence electrons. The Labute approximate surface area is 196 Å².